The average Bonchev–Trinajstić information content (AvgIpc) is 2.38. The lowest BCUT2D eigenvalue weighted by atomic mass is 9.93. The molecular formula is C15H20N2O. The van der Waals surface area contributed by atoms with Crippen molar-refractivity contribution in [1.29, 1.82) is 0 Å². The molecule has 18 heavy (non-hydrogen) atoms. The van der Waals surface area contributed by atoms with Crippen LogP contribution < -0.4 is 5.32 Å². The highest BCUT2D eigenvalue weighted by Crippen LogP contribution is 2.25. The van der Waals surface area contributed by atoms with Crippen molar-refractivity contribution in [3.8, 4) is 0 Å². The molecule has 0 aliphatic carbocycles. The molecule has 3 heteroatoms. The maximum absolute atomic E-state index is 10.5. The number of hydrogen-bond donors (Lipinski definition) is 2. The molecule has 1 unspecified atom stereocenters. The molecule has 0 bridgehead atoms. The molecule has 0 radical (unpaired) electrons. The van der Waals surface area contributed by atoms with E-state index >= 15 is 0 Å². The number of rotatable bonds is 5. The van der Waals surface area contributed by atoms with E-state index in [0.29, 0.717) is 6.42 Å². The van der Waals surface area contributed by atoms with E-state index in [2.05, 4.69) is 17.2 Å². The summed E-state index contributed by atoms with van der Waals surface area (Å²) in [5.74, 6) is 0. The van der Waals surface area contributed by atoms with Crippen LogP contribution in [0.5, 0.6) is 0 Å². The van der Waals surface area contributed by atoms with Gasteiger partial charge in [0.05, 0.1) is 11.1 Å². The minimum atomic E-state index is -0.834. The molecule has 2 aromatic rings. The Balaban J connectivity index is 2.23. The second-order valence-electron chi connectivity index (χ2n) is 4.79. The number of para-hydroxylation sites is 1. The molecule has 1 aromatic carbocycles. The van der Waals surface area contributed by atoms with Gasteiger partial charge in [0, 0.05) is 17.1 Å². The van der Waals surface area contributed by atoms with Crippen LogP contribution in [0.2, 0.25) is 0 Å². The van der Waals surface area contributed by atoms with Crippen LogP contribution in [0.25, 0.3) is 10.9 Å². The molecule has 0 spiro atoms. The van der Waals surface area contributed by atoms with Crippen molar-refractivity contribution >= 4 is 10.9 Å². The SMILES string of the molecule is CCNCCC(C)(O)c1cnc2ccccc2c1. The quantitative estimate of drug-likeness (QED) is 0.794. The standard InChI is InChI=1S/C15H20N2O/c1-3-16-9-8-15(2,18)13-10-12-6-4-5-7-14(12)17-11-13/h4-7,10-11,16,18H,3,8-9H2,1-2H3. The smallest absolute Gasteiger partial charge is 0.0895 e. The maximum atomic E-state index is 10.5. The number of hydrogen-bond acceptors (Lipinski definition) is 3. The highest BCUT2D eigenvalue weighted by Gasteiger charge is 2.23. The monoisotopic (exact) mass is 244 g/mol. The molecule has 1 atom stereocenters. The zero-order chi connectivity index (χ0) is 13.0. The number of benzene rings is 1. The number of pyridine rings is 1. The fourth-order valence-corrected chi connectivity index (χ4v) is 2.02. The lowest BCUT2D eigenvalue weighted by Gasteiger charge is -2.24. The Kier molecular flexibility index (Phi) is 3.94. The molecule has 2 rings (SSSR count). The third-order valence-corrected chi connectivity index (χ3v) is 3.25. The molecule has 0 saturated carbocycles. The largest absolute Gasteiger partial charge is 0.385 e. The van der Waals surface area contributed by atoms with Crippen molar-refractivity contribution < 1.29 is 5.11 Å². The van der Waals surface area contributed by atoms with Crippen LogP contribution in [0.4, 0.5) is 0 Å². The molecular weight excluding hydrogens is 224 g/mol. The van der Waals surface area contributed by atoms with Gasteiger partial charge in [-0.05, 0) is 38.6 Å². The van der Waals surface area contributed by atoms with E-state index in [9.17, 15) is 5.11 Å². The van der Waals surface area contributed by atoms with Crippen LogP contribution in [0.15, 0.2) is 36.5 Å². The van der Waals surface area contributed by atoms with Gasteiger partial charge in [-0.15, -0.1) is 0 Å². The van der Waals surface area contributed by atoms with Crippen LogP contribution in [0.1, 0.15) is 25.8 Å². The molecule has 0 saturated heterocycles. The fourth-order valence-electron chi connectivity index (χ4n) is 2.02. The maximum Gasteiger partial charge on any atom is 0.0895 e. The van der Waals surface area contributed by atoms with Crippen molar-refractivity contribution in [1.82, 2.24) is 10.3 Å². The molecule has 0 aliphatic heterocycles. The summed E-state index contributed by atoms with van der Waals surface area (Å²) in [6, 6.07) is 9.98. The van der Waals surface area contributed by atoms with E-state index < -0.39 is 5.60 Å². The summed E-state index contributed by atoms with van der Waals surface area (Å²) in [4.78, 5) is 4.40. The number of nitrogens with one attached hydrogen (secondary N) is 1. The van der Waals surface area contributed by atoms with Crippen molar-refractivity contribution in [3.63, 3.8) is 0 Å². The Morgan fingerprint density at radius 3 is 2.89 bits per heavy atom. The third kappa shape index (κ3) is 2.86. The van der Waals surface area contributed by atoms with Gasteiger partial charge in [0.15, 0.2) is 0 Å². The Bertz CT molecular complexity index is 523. The second-order valence-corrected chi connectivity index (χ2v) is 4.79. The highest BCUT2D eigenvalue weighted by atomic mass is 16.3. The highest BCUT2D eigenvalue weighted by molar-refractivity contribution is 5.78. The van der Waals surface area contributed by atoms with E-state index in [1.807, 2.05) is 37.3 Å². The van der Waals surface area contributed by atoms with Gasteiger partial charge in [0.2, 0.25) is 0 Å². The van der Waals surface area contributed by atoms with Crippen molar-refractivity contribution in [3.05, 3.63) is 42.1 Å². The Labute approximate surface area is 108 Å². The normalized spacial score (nSPS) is 14.6. The number of fused-ring (bicyclic) bond motifs is 1. The van der Waals surface area contributed by atoms with E-state index in [-0.39, 0.29) is 0 Å². The molecule has 0 fully saturated rings. The van der Waals surface area contributed by atoms with Gasteiger partial charge in [0.1, 0.15) is 0 Å². The summed E-state index contributed by atoms with van der Waals surface area (Å²) in [7, 11) is 0. The number of nitrogens with zero attached hydrogens (tertiary/aromatic N) is 1. The second kappa shape index (κ2) is 5.46. The summed E-state index contributed by atoms with van der Waals surface area (Å²) in [6.45, 7) is 5.63. The van der Waals surface area contributed by atoms with Gasteiger partial charge < -0.3 is 10.4 Å². The van der Waals surface area contributed by atoms with E-state index in [1.165, 1.54) is 0 Å². The summed E-state index contributed by atoms with van der Waals surface area (Å²) < 4.78 is 0. The summed E-state index contributed by atoms with van der Waals surface area (Å²) in [5, 5.41) is 14.8. The lowest BCUT2D eigenvalue weighted by Crippen LogP contribution is -2.27. The third-order valence-electron chi connectivity index (χ3n) is 3.25. The van der Waals surface area contributed by atoms with Crippen LogP contribution in [-0.2, 0) is 5.60 Å². The minimum absolute atomic E-state index is 0.681. The van der Waals surface area contributed by atoms with E-state index in [1.54, 1.807) is 6.20 Å². The zero-order valence-electron chi connectivity index (χ0n) is 11.0. The van der Waals surface area contributed by atoms with Crippen molar-refractivity contribution in [2.45, 2.75) is 25.9 Å². The molecule has 0 amide bonds. The molecule has 1 heterocycles. The van der Waals surface area contributed by atoms with E-state index in [0.717, 1.165) is 29.6 Å². The first-order valence-electron chi connectivity index (χ1n) is 6.42. The van der Waals surface area contributed by atoms with Gasteiger partial charge in [-0.1, -0.05) is 25.1 Å². The van der Waals surface area contributed by atoms with Crippen LogP contribution >= 0.6 is 0 Å². The minimum Gasteiger partial charge on any atom is -0.385 e. The number of aromatic nitrogens is 1. The summed E-state index contributed by atoms with van der Waals surface area (Å²) in [6.07, 6.45) is 2.45. The van der Waals surface area contributed by atoms with Crippen LogP contribution in [-0.4, -0.2) is 23.2 Å². The Hall–Kier alpha value is -1.45. The van der Waals surface area contributed by atoms with Gasteiger partial charge in [-0.3, -0.25) is 4.98 Å². The Morgan fingerprint density at radius 1 is 1.33 bits per heavy atom. The lowest BCUT2D eigenvalue weighted by molar-refractivity contribution is 0.0480. The zero-order valence-corrected chi connectivity index (χ0v) is 11.0. The fraction of sp³-hybridized carbons (Fsp3) is 0.400. The predicted molar refractivity (Wildman–Crippen MR) is 74.5 cm³/mol. The van der Waals surface area contributed by atoms with Crippen LogP contribution in [0.3, 0.4) is 0 Å². The van der Waals surface area contributed by atoms with Crippen molar-refractivity contribution in [2.75, 3.05) is 13.1 Å². The summed E-state index contributed by atoms with van der Waals surface area (Å²) in [5.41, 5.74) is 1.00. The van der Waals surface area contributed by atoms with Gasteiger partial charge in [0.25, 0.3) is 0 Å². The predicted octanol–water partition coefficient (Wildman–Crippen LogP) is 2.44. The van der Waals surface area contributed by atoms with Gasteiger partial charge in [-0.25, -0.2) is 0 Å². The van der Waals surface area contributed by atoms with E-state index in [4.69, 9.17) is 0 Å². The first kappa shape index (κ1) is 13.0. The molecule has 0 aliphatic rings. The van der Waals surface area contributed by atoms with Gasteiger partial charge in [-0.2, -0.15) is 0 Å². The average molecular weight is 244 g/mol. The number of aliphatic hydroxyl groups is 1. The molecule has 2 N–H and O–H groups in total. The summed E-state index contributed by atoms with van der Waals surface area (Å²) >= 11 is 0. The Morgan fingerprint density at radius 2 is 2.11 bits per heavy atom. The first-order valence-corrected chi connectivity index (χ1v) is 6.42. The topological polar surface area (TPSA) is 45.1 Å². The van der Waals surface area contributed by atoms with Gasteiger partial charge >= 0.3 is 0 Å². The molecule has 3 nitrogen and oxygen atoms in total. The first-order chi connectivity index (χ1) is 8.63. The molecule has 1 aromatic heterocycles. The molecule has 96 valence electrons. The van der Waals surface area contributed by atoms with Crippen molar-refractivity contribution in [2.24, 2.45) is 0 Å². The van der Waals surface area contributed by atoms with Crippen LogP contribution in [0, 0.1) is 0 Å².